The molecular formula is C29H26FN5O3S. The van der Waals surface area contributed by atoms with Crippen molar-refractivity contribution in [2.75, 3.05) is 43.1 Å². The molecule has 3 heterocycles. The predicted molar refractivity (Wildman–Crippen MR) is 151 cm³/mol. The number of ether oxygens (including phenoxy) is 2. The van der Waals surface area contributed by atoms with E-state index in [1.807, 2.05) is 30.5 Å². The van der Waals surface area contributed by atoms with Gasteiger partial charge >= 0.3 is 0 Å². The number of morpholine rings is 1. The SMILES string of the molecule is CC(=Nn1c(-c2ccc3c(c2)NC(=O)CO3)csc1=Nc1ccc(F)cc1)c1ccc(N2CCOCC2)cc1. The van der Waals surface area contributed by atoms with Gasteiger partial charge in [-0.3, -0.25) is 4.79 Å². The molecule has 6 rings (SSSR count). The number of thiazole rings is 1. The maximum atomic E-state index is 13.5. The first-order chi connectivity index (χ1) is 19.0. The summed E-state index contributed by atoms with van der Waals surface area (Å²) in [5.74, 6) is 0.108. The normalized spacial score (nSPS) is 16.1. The Hall–Kier alpha value is -4.28. The van der Waals surface area contributed by atoms with Crippen molar-refractivity contribution < 1.29 is 18.7 Å². The van der Waals surface area contributed by atoms with E-state index >= 15 is 0 Å². The van der Waals surface area contributed by atoms with Crippen LogP contribution in [0.4, 0.5) is 21.5 Å². The summed E-state index contributed by atoms with van der Waals surface area (Å²) in [5, 5.41) is 9.80. The van der Waals surface area contributed by atoms with Crippen LogP contribution in [0.15, 0.2) is 82.2 Å². The minimum Gasteiger partial charge on any atom is -0.482 e. The van der Waals surface area contributed by atoms with Crippen LogP contribution in [-0.2, 0) is 9.53 Å². The van der Waals surface area contributed by atoms with Crippen molar-refractivity contribution in [3.8, 4) is 17.0 Å². The van der Waals surface area contributed by atoms with E-state index in [4.69, 9.17) is 19.6 Å². The molecule has 1 aromatic heterocycles. The molecule has 2 aliphatic rings. The Kier molecular flexibility index (Phi) is 6.95. The zero-order valence-electron chi connectivity index (χ0n) is 21.3. The number of rotatable bonds is 5. The lowest BCUT2D eigenvalue weighted by Crippen LogP contribution is -2.36. The fourth-order valence-corrected chi connectivity index (χ4v) is 5.33. The second-order valence-electron chi connectivity index (χ2n) is 9.18. The van der Waals surface area contributed by atoms with Crippen LogP contribution in [0.2, 0.25) is 0 Å². The van der Waals surface area contributed by atoms with Crippen LogP contribution in [0.25, 0.3) is 11.3 Å². The highest BCUT2D eigenvalue weighted by molar-refractivity contribution is 7.07. The van der Waals surface area contributed by atoms with Crippen LogP contribution in [0.5, 0.6) is 5.75 Å². The van der Waals surface area contributed by atoms with E-state index < -0.39 is 0 Å². The van der Waals surface area contributed by atoms with E-state index in [1.165, 1.54) is 23.5 Å². The van der Waals surface area contributed by atoms with Gasteiger partial charge in [0.15, 0.2) is 6.61 Å². The average Bonchev–Trinajstić information content (AvgIpc) is 3.36. The zero-order valence-corrected chi connectivity index (χ0v) is 22.1. The van der Waals surface area contributed by atoms with Gasteiger partial charge in [0, 0.05) is 29.7 Å². The van der Waals surface area contributed by atoms with Crippen LogP contribution in [0.1, 0.15) is 12.5 Å². The summed E-state index contributed by atoms with van der Waals surface area (Å²) in [6.07, 6.45) is 0. The van der Waals surface area contributed by atoms with Crippen LogP contribution in [0.3, 0.4) is 0 Å². The number of aromatic nitrogens is 1. The lowest BCUT2D eigenvalue weighted by Gasteiger charge is -2.28. The number of benzene rings is 3. The topological polar surface area (TPSA) is 80.5 Å². The van der Waals surface area contributed by atoms with Gasteiger partial charge in [-0.25, -0.2) is 14.1 Å². The van der Waals surface area contributed by atoms with Gasteiger partial charge < -0.3 is 19.7 Å². The molecular weight excluding hydrogens is 517 g/mol. The van der Waals surface area contributed by atoms with E-state index in [9.17, 15) is 9.18 Å². The third-order valence-electron chi connectivity index (χ3n) is 6.56. The highest BCUT2D eigenvalue weighted by Crippen LogP contribution is 2.33. The molecule has 0 bridgehead atoms. The zero-order chi connectivity index (χ0) is 26.8. The van der Waals surface area contributed by atoms with Crippen LogP contribution in [-0.4, -0.2) is 49.2 Å². The number of halogens is 1. The molecule has 1 saturated heterocycles. The van der Waals surface area contributed by atoms with Crippen LogP contribution in [0, 0.1) is 5.82 Å². The van der Waals surface area contributed by atoms with Gasteiger partial charge in [0.25, 0.3) is 5.91 Å². The molecule has 0 spiro atoms. The summed E-state index contributed by atoms with van der Waals surface area (Å²) in [6, 6.07) is 20.0. The molecule has 1 amide bonds. The average molecular weight is 544 g/mol. The molecule has 2 aliphatic heterocycles. The van der Waals surface area contributed by atoms with Crippen molar-refractivity contribution >= 4 is 40.0 Å². The smallest absolute Gasteiger partial charge is 0.262 e. The second-order valence-corrected chi connectivity index (χ2v) is 10.0. The number of carbonyl (C=O) groups is 1. The molecule has 198 valence electrons. The minimum atomic E-state index is -0.318. The number of nitrogens with one attached hydrogen (secondary N) is 1. The third-order valence-corrected chi connectivity index (χ3v) is 7.37. The Morgan fingerprint density at radius 1 is 1.03 bits per heavy atom. The standard InChI is InChI=1S/C29H26FN5O3S/c1-19(20-2-9-24(10-3-20)34-12-14-37-15-13-34)33-35-26(18-39-29(35)31-23-7-5-22(30)6-8-23)21-4-11-27-25(16-21)32-28(36)17-38-27/h2-11,16,18H,12-15,17H2,1H3,(H,32,36). The maximum absolute atomic E-state index is 13.5. The lowest BCUT2D eigenvalue weighted by atomic mass is 10.1. The molecule has 3 aromatic carbocycles. The van der Waals surface area contributed by atoms with Gasteiger partial charge in [0.2, 0.25) is 4.80 Å². The van der Waals surface area contributed by atoms with Gasteiger partial charge in [-0.05, 0) is 67.1 Å². The summed E-state index contributed by atoms with van der Waals surface area (Å²) < 4.78 is 26.3. The first-order valence-corrected chi connectivity index (χ1v) is 13.5. The Morgan fingerprint density at radius 2 is 1.79 bits per heavy atom. The maximum Gasteiger partial charge on any atom is 0.262 e. The summed E-state index contributed by atoms with van der Waals surface area (Å²) in [7, 11) is 0. The summed E-state index contributed by atoms with van der Waals surface area (Å²) in [6.45, 7) is 5.18. The number of hydrogen-bond acceptors (Lipinski definition) is 7. The fraction of sp³-hybridized carbons (Fsp3) is 0.207. The Morgan fingerprint density at radius 3 is 2.56 bits per heavy atom. The quantitative estimate of drug-likeness (QED) is 0.358. The fourth-order valence-electron chi connectivity index (χ4n) is 4.48. The van der Waals surface area contributed by atoms with Gasteiger partial charge in [0.05, 0.1) is 36.0 Å². The van der Waals surface area contributed by atoms with Crippen LogP contribution >= 0.6 is 11.3 Å². The third kappa shape index (κ3) is 5.47. The number of fused-ring (bicyclic) bond motifs is 1. The van der Waals surface area contributed by atoms with Gasteiger partial charge in [0.1, 0.15) is 11.6 Å². The molecule has 39 heavy (non-hydrogen) atoms. The van der Waals surface area contributed by atoms with Gasteiger partial charge in [-0.1, -0.05) is 12.1 Å². The number of hydrogen-bond donors (Lipinski definition) is 1. The Labute approximate surface area is 228 Å². The molecule has 0 unspecified atom stereocenters. The monoisotopic (exact) mass is 543 g/mol. The number of nitrogens with zero attached hydrogens (tertiary/aromatic N) is 4. The largest absolute Gasteiger partial charge is 0.482 e. The van der Waals surface area contributed by atoms with Gasteiger partial charge in [-0.15, -0.1) is 11.3 Å². The van der Waals surface area contributed by atoms with Crippen molar-refractivity contribution in [2.24, 2.45) is 10.1 Å². The molecule has 0 aliphatic carbocycles. The van der Waals surface area contributed by atoms with Crippen molar-refractivity contribution in [2.45, 2.75) is 6.92 Å². The first-order valence-electron chi connectivity index (χ1n) is 12.6. The minimum absolute atomic E-state index is 0.000683. The highest BCUT2D eigenvalue weighted by Gasteiger charge is 2.18. The molecule has 0 atom stereocenters. The number of anilines is 2. The van der Waals surface area contributed by atoms with E-state index in [0.29, 0.717) is 21.9 Å². The molecule has 0 saturated carbocycles. The van der Waals surface area contributed by atoms with E-state index in [2.05, 4.69) is 34.5 Å². The lowest BCUT2D eigenvalue weighted by molar-refractivity contribution is -0.118. The van der Waals surface area contributed by atoms with E-state index in [1.54, 1.807) is 16.8 Å². The van der Waals surface area contributed by atoms with Crippen molar-refractivity contribution in [3.05, 3.63) is 88.3 Å². The molecule has 1 fully saturated rings. The highest BCUT2D eigenvalue weighted by atomic mass is 32.1. The molecule has 0 radical (unpaired) electrons. The summed E-state index contributed by atoms with van der Waals surface area (Å²) >= 11 is 1.42. The second kappa shape index (κ2) is 10.8. The Balaban J connectivity index is 1.40. The molecule has 10 heteroatoms. The first kappa shape index (κ1) is 25.0. The summed E-state index contributed by atoms with van der Waals surface area (Å²) in [5.41, 5.74) is 5.81. The number of amides is 1. The predicted octanol–water partition coefficient (Wildman–Crippen LogP) is 5.03. The molecule has 8 nitrogen and oxygen atoms in total. The number of carbonyl (C=O) groups excluding carboxylic acids is 1. The summed E-state index contributed by atoms with van der Waals surface area (Å²) in [4.78, 5) is 19.6. The van der Waals surface area contributed by atoms with Gasteiger partial charge in [-0.2, -0.15) is 5.10 Å². The van der Waals surface area contributed by atoms with Crippen molar-refractivity contribution in [1.29, 1.82) is 0 Å². The van der Waals surface area contributed by atoms with Crippen molar-refractivity contribution in [1.82, 2.24) is 4.68 Å². The van der Waals surface area contributed by atoms with E-state index in [0.717, 1.165) is 54.5 Å². The van der Waals surface area contributed by atoms with Crippen LogP contribution < -0.4 is 19.8 Å². The van der Waals surface area contributed by atoms with Crippen molar-refractivity contribution in [3.63, 3.8) is 0 Å². The molecule has 1 N–H and O–H groups in total. The Bertz CT molecular complexity index is 1600. The molecule has 4 aromatic rings. The van der Waals surface area contributed by atoms with E-state index in [-0.39, 0.29) is 18.3 Å².